The van der Waals surface area contributed by atoms with Crippen LogP contribution in [0.1, 0.15) is 19.3 Å². The third-order valence-electron chi connectivity index (χ3n) is 2.91. The summed E-state index contributed by atoms with van der Waals surface area (Å²) >= 11 is 0. The molecule has 1 fully saturated rings. The highest BCUT2D eigenvalue weighted by atomic mass is 32.2. The van der Waals surface area contributed by atoms with Crippen LogP contribution in [0, 0.1) is 0 Å². The number of anilines is 1. The zero-order valence-corrected chi connectivity index (χ0v) is 11.6. The van der Waals surface area contributed by atoms with Gasteiger partial charge in [-0.05, 0) is 31.4 Å². The second kappa shape index (κ2) is 6.21. The number of methoxy groups -OCH3 is 1. The Morgan fingerprint density at radius 2 is 2.37 bits per heavy atom. The van der Waals surface area contributed by atoms with Crippen LogP contribution in [-0.4, -0.2) is 39.0 Å². The molecule has 1 aliphatic rings. The van der Waals surface area contributed by atoms with Gasteiger partial charge in [0.15, 0.2) is 0 Å². The average Bonchev–Trinajstić information content (AvgIpc) is 2.39. The van der Waals surface area contributed by atoms with Crippen molar-refractivity contribution in [2.45, 2.75) is 25.4 Å². The molecule has 0 spiro atoms. The molecule has 2 rings (SSSR count). The van der Waals surface area contributed by atoms with E-state index in [1.807, 2.05) is 0 Å². The molecule has 0 aromatic carbocycles. The van der Waals surface area contributed by atoms with Crippen molar-refractivity contribution in [3.05, 3.63) is 18.3 Å². The molecule has 1 saturated heterocycles. The molecule has 0 unspecified atom stereocenters. The maximum absolute atomic E-state index is 12.1. The van der Waals surface area contributed by atoms with E-state index < -0.39 is 10.0 Å². The van der Waals surface area contributed by atoms with Crippen LogP contribution in [0.5, 0.6) is 5.88 Å². The maximum Gasteiger partial charge on any atom is 0.238 e. The van der Waals surface area contributed by atoms with Crippen molar-refractivity contribution >= 4 is 15.7 Å². The predicted octanol–water partition coefficient (Wildman–Crippen LogP) is 1.40. The second-order valence-electron chi connectivity index (χ2n) is 4.43. The van der Waals surface area contributed by atoms with Gasteiger partial charge in [-0.25, -0.2) is 13.4 Å². The summed E-state index contributed by atoms with van der Waals surface area (Å²) in [6, 6.07) is 3.27. The van der Waals surface area contributed by atoms with E-state index in [9.17, 15) is 8.42 Å². The number of nitrogens with one attached hydrogen (secondary N) is 1. The van der Waals surface area contributed by atoms with Gasteiger partial charge >= 0.3 is 0 Å². The fourth-order valence-corrected chi connectivity index (χ4v) is 3.35. The molecule has 106 valence electrons. The van der Waals surface area contributed by atoms with Crippen molar-refractivity contribution in [1.29, 1.82) is 0 Å². The largest absolute Gasteiger partial charge is 0.480 e. The fraction of sp³-hybridized carbons (Fsp3) is 0.583. The van der Waals surface area contributed by atoms with Crippen LogP contribution in [0.15, 0.2) is 18.3 Å². The number of sulfonamides is 1. The molecule has 0 bridgehead atoms. The van der Waals surface area contributed by atoms with Crippen molar-refractivity contribution in [2.75, 3.05) is 24.2 Å². The Morgan fingerprint density at radius 3 is 3.05 bits per heavy atom. The lowest BCUT2D eigenvalue weighted by atomic mass is 10.1. The quantitative estimate of drug-likeness (QED) is 0.885. The Bertz CT molecular complexity index is 512. The van der Waals surface area contributed by atoms with Gasteiger partial charge in [0, 0.05) is 12.8 Å². The van der Waals surface area contributed by atoms with Crippen molar-refractivity contribution in [3.63, 3.8) is 0 Å². The summed E-state index contributed by atoms with van der Waals surface area (Å²) in [6.45, 7) is 0.635. The van der Waals surface area contributed by atoms with E-state index in [4.69, 9.17) is 9.47 Å². The van der Waals surface area contributed by atoms with Crippen molar-refractivity contribution < 1.29 is 17.9 Å². The third kappa shape index (κ3) is 4.07. The van der Waals surface area contributed by atoms with Crippen LogP contribution in [0.4, 0.5) is 5.69 Å². The van der Waals surface area contributed by atoms with Gasteiger partial charge in [0.05, 0.1) is 19.0 Å². The summed E-state index contributed by atoms with van der Waals surface area (Å²) in [5, 5.41) is 0. The van der Waals surface area contributed by atoms with Gasteiger partial charge in [0.25, 0.3) is 0 Å². The topological polar surface area (TPSA) is 77.5 Å². The SMILES string of the molecule is COc1ncccc1NS(=O)(=O)C[C@H]1CCCCO1. The van der Waals surface area contributed by atoms with Crippen LogP contribution >= 0.6 is 0 Å². The normalized spacial score (nSPS) is 19.9. The van der Waals surface area contributed by atoms with Crippen LogP contribution in [0.25, 0.3) is 0 Å². The fourth-order valence-electron chi connectivity index (χ4n) is 2.02. The summed E-state index contributed by atoms with van der Waals surface area (Å²) in [7, 11) is -2.01. The Kier molecular flexibility index (Phi) is 4.60. The molecule has 1 N–H and O–H groups in total. The number of hydrogen-bond donors (Lipinski definition) is 1. The highest BCUT2D eigenvalue weighted by Gasteiger charge is 2.23. The maximum atomic E-state index is 12.1. The minimum atomic E-state index is -3.46. The van der Waals surface area contributed by atoms with E-state index >= 15 is 0 Å². The first kappa shape index (κ1) is 14.1. The number of ether oxygens (including phenoxy) is 2. The minimum absolute atomic E-state index is 0.0367. The van der Waals surface area contributed by atoms with Gasteiger partial charge in [0.1, 0.15) is 5.69 Å². The Hall–Kier alpha value is -1.34. The molecule has 1 aliphatic heterocycles. The summed E-state index contributed by atoms with van der Waals surface area (Å²) < 4.78 is 37.1. The van der Waals surface area contributed by atoms with Crippen LogP contribution < -0.4 is 9.46 Å². The van der Waals surface area contributed by atoms with Gasteiger partial charge < -0.3 is 9.47 Å². The average molecular weight is 286 g/mol. The summed E-state index contributed by atoms with van der Waals surface area (Å²) in [6.07, 6.45) is 4.11. The summed E-state index contributed by atoms with van der Waals surface area (Å²) in [4.78, 5) is 3.95. The molecule has 7 heteroatoms. The van der Waals surface area contributed by atoms with Crippen LogP contribution in [0.2, 0.25) is 0 Å². The number of hydrogen-bond acceptors (Lipinski definition) is 5. The first-order valence-electron chi connectivity index (χ1n) is 6.22. The molecular formula is C12H18N2O4S. The molecule has 1 aromatic heterocycles. The van der Waals surface area contributed by atoms with Gasteiger partial charge in [-0.2, -0.15) is 0 Å². The Balaban J connectivity index is 2.03. The highest BCUT2D eigenvalue weighted by molar-refractivity contribution is 7.92. The molecule has 19 heavy (non-hydrogen) atoms. The molecule has 1 aromatic rings. The first-order valence-corrected chi connectivity index (χ1v) is 7.87. The molecule has 0 amide bonds. The zero-order chi connectivity index (χ0) is 13.7. The Morgan fingerprint density at radius 1 is 1.53 bits per heavy atom. The van der Waals surface area contributed by atoms with Crippen LogP contribution in [0.3, 0.4) is 0 Å². The lowest BCUT2D eigenvalue weighted by Crippen LogP contribution is -2.31. The zero-order valence-electron chi connectivity index (χ0n) is 10.8. The smallest absolute Gasteiger partial charge is 0.238 e. The molecule has 1 atom stereocenters. The van der Waals surface area contributed by atoms with Gasteiger partial charge in [-0.15, -0.1) is 0 Å². The second-order valence-corrected chi connectivity index (χ2v) is 6.20. The standard InChI is InChI=1S/C12H18N2O4S/c1-17-12-11(6-4-7-13-12)14-19(15,16)9-10-5-2-3-8-18-10/h4,6-7,10,14H,2-3,5,8-9H2,1H3/t10-/m1/s1. The van der Waals surface area contributed by atoms with E-state index in [1.165, 1.54) is 7.11 Å². The van der Waals surface area contributed by atoms with E-state index in [-0.39, 0.29) is 17.7 Å². The molecule has 0 saturated carbocycles. The van der Waals surface area contributed by atoms with E-state index in [0.717, 1.165) is 19.3 Å². The van der Waals surface area contributed by atoms with Crippen molar-refractivity contribution in [2.24, 2.45) is 0 Å². The lowest BCUT2D eigenvalue weighted by Gasteiger charge is -2.22. The summed E-state index contributed by atoms with van der Waals surface area (Å²) in [5.41, 5.74) is 0.348. The first-order chi connectivity index (χ1) is 9.11. The monoisotopic (exact) mass is 286 g/mol. The minimum Gasteiger partial charge on any atom is -0.480 e. The van der Waals surface area contributed by atoms with Gasteiger partial charge in [-0.3, -0.25) is 4.72 Å². The molecule has 6 nitrogen and oxygen atoms in total. The highest BCUT2D eigenvalue weighted by Crippen LogP contribution is 2.22. The molecule has 2 heterocycles. The number of aromatic nitrogens is 1. The lowest BCUT2D eigenvalue weighted by molar-refractivity contribution is 0.0306. The summed E-state index contributed by atoms with van der Waals surface area (Å²) in [5.74, 6) is 0.223. The molecular weight excluding hydrogens is 268 g/mol. The van der Waals surface area contributed by atoms with E-state index in [1.54, 1.807) is 18.3 Å². The van der Waals surface area contributed by atoms with Gasteiger partial charge in [0.2, 0.25) is 15.9 Å². The van der Waals surface area contributed by atoms with Crippen molar-refractivity contribution in [1.82, 2.24) is 4.98 Å². The number of nitrogens with zero attached hydrogens (tertiary/aromatic N) is 1. The number of rotatable bonds is 5. The Labute approximate surface area is 113 Å². The third-order valence-corrected chi connectivity index (χ3v) is 4.25. The van der Waals surface area contributed by atoms with Crippen molar-refractivity contribution in [3.8, 4) is 5.88 Å². The number of pyridine rings is 1. The molecule has 0 aliphatic carbocycles. The van der Waals surface area contributed by atoms with E-state index in [0.29, 0.717) is 12.3 Å². The van der Waals surface area contributed by atoms with Gasteiger partial charge in [-0.1, -0.05) is 0 Å². The van der Waals surface area contributed by atoms with E-state index in [2.05, 4.69) is 9.71 Å². The predicted molar refractivity (Wildman–Crippen MR) is 71.8 cm³/mol. The molecule has 0 radical (unpaired) electrons. The van der Waals surface area contributed by atoms with Crippen LogP contribution in [-0.2, 0) is 14.8 Å².